The summed E-state index contributed by atoms with van der Waals surface area (Å²) >= 11 is 0. The van der Waals surface area contributed by atoms with Gasteiger partial charge in [0.1, 0.15) is 24.0 Å². The van der Waals surface area contributed by atoms with Gasteiger partial charge in [0.15, 0.2) is 11.6 Å². The van der Waals surface area contributed by atoms with Crippen molar-refractivity contribution in [3.8, 4) is 22.6 Å². The molecule has 0 bridgehead atoms. The predicted octanol–water partition coefficient (Wildman–Crippen LogP) is 7.58. The minimum atomic E-state index is -1.03. The summed E-state index contributed by atoms with van der Waals surface area (Å²) in [5.74, 6) is -2.45. The first-order valence-corrected chi connectivity index (χ1v) is 12.1. The van der Waals surface area contributed by atoms with E-state index in [1.807, 2.05) is 0 Å². The number of carboxylic acid groups (broad SMARTS) is 1. The summed E-state index contributed by atoms with van der Waals surface area (Å²) in [6, 6.07) is 11.8. The van der Waals surface area contributed by atoms with Gasteiger partial charge in [0.05, 0.1) is 7.11 Å². The highest BCUT2D eigenvalue weighted by Crippen LogP contribution is 2.48. The van der Waals surface area contributed by atoms with Crippen LogP contribution < -0.4 is 9.47 Å². The van der Waals surface area contributed by atoms with Gasteiger partial charge in [-0.3, -0.25) is 4.79 Å². The summed E-state index contributed by atoms with van der Waals surface area (Å²) in [5.41, 5.74) is 2.49. The third kappa shape index (κ3) is 5.66. The van der Waals surface area contributed by atoms with Crippen molar-refractivity contribution in [1.82, 2.24) is 0 Å². The minimum Gasteiger partial charge on any atom is -0.497 e. The summed E-state index contributed by atoms with van der Waals surface area (Å²) < 4.78 is 56.1. The molecule has 0 heterocycles. The highest BCUT2D eigenvalue weighted by atomic mass is 19.1. The molecule has 7 heteroatoms. The zero-order chi connectivity index (χ0) is 26.7. The average molecular weight is 511 g/mol. The van der Waals surface area contributed by atoms with Crippen molar-refractivity contribution in [2.45, 2.75) is 46.1 Å². The SMILES string of the molecule is COc1ccc(F)c(-c2cc(F)c(COc3cccc(CCC(=O)O)c3F)cc2C2=CCCC2(C)C)c1. The van der Waals surface area contributed by atoms with E-state index in [-0.39, 0.29) is 47.3 Å². The maximum Gasteiger partial charge on any atom is 0.303 e. The van der Waals surface area contributed by atoms with Gasteiger partial charge in [0.2, 0.25) is 0 Å². The highest BCUT2D eigenvalue weighted by molar-refractivity contribution is 5.85. The van der Waals surface area contributed by atoms with Crippen molar-refractivity contribution in [2.75, 3.05) is 7.11 Å². The molecule has 1 aliphatic carbocycles. The molecule has 194 valence electrons. The van der Waals surface area contributed by atoms with Crippen molar-refractivity contribution in [3.63, 3.8) is 0 Å². The fourth-order valence-electron chi connectivity index (χ4n) is 4.73. The molecule has 4 rings (SSSR count). The Morgan fingerprint density at radius 2 is 1.76 bits per heavy atom. The maximum atomic E-state index is 15.4. The lowest BCUT2D eigenvalue weighted by atomic mass is 9.79. The Balaban J connectivity index is 1.73. The van der Waals surface area contributed by atoms with E-state index in [4.69, 9.17) is 14.6 Å². The molecule has 0 atom stereocenters. The average Bonchev–Trinajstić information content (AvgIpc) is 3.22. The Morgan fingerprint density at radius 1 is 0.973 bits per heavy atom. The number of allylic oxidation sites excluding steroid dienone is 2. The molecule has 0 amide bonds. The Bertz CT molecular complexity index is 1360. The zero-order valence-corrected chi connectivity index (χ0v) is 21.0. The van der Waals surface area contributed by atoms with E-state index >= 15 is 4.39 Å². The first-order valence-electron chi connectivity index (χ1n) is 12.1. The maximum absolute atomic E-state index is 15.4. The summed E-state index contributed by atoms with van der Waals surface area (Å²) in [5, 5.41) is 8.89. The van der Waals surface area contributed by atoms with Crippen molar-refractivity contribution >= 4 is 11.5 Å². The largest absolute Gasteiger partial charge is 0.497 e. The van der Waals surface area contributed by atoms with Crippen molar-refractivity contribution in [1.29, 1.82) is 0 Å². The molecule has 0 unspecified atom stereocenters. The summed E-state index contributed by atoms with van der Waals surface area (Å²) in [6.45, 7) is 3.93. The second-order valence-electron chi connectivity index (χ2n) is 9.79. The second-order valence-corrected chi connectivity index (χ2v) is 9.79. The lowest BCUT2D eigenvalue weighted by molar-refractivity contribution is -0.136. The first-order chi connectivity index (χ1) is 17.6. The number of ether oxygens (including phenoxy) is 2. The lowest BCUT2D eigenvalue weighted by Crippen LogP contribution is -2.11. The Hall–Kier alpha value is -3.74. The van der Waals surface area contributed by atoms with E-state index in [9.17, 15) is 13.6 Å². The van der Waals surface area contributed by atoms with Crippen LogP contribution in [0.15, 0.2) is 54.6 Å². The normalized spacial score (nSPS) is 14.4. The number of aliphatic carboxylic acids is 1. The highest BCUT2D eigenvalue weighted by Gasteiger charge is 2.31. The van der Waals surface area contributed by atoms with Gasteiger partial charge in [-0.2, -0.15) is 0 Å². The number of aryl methyl sites for hydroxylation is 1. The van der Waals surface area contributed by atoms with E-state index in [1.165, 1.54) is 37.4 Å². The molecule has 0 fully saturated rings. The lowest BCUT2D eigenvalue weighted by Gasteiger charge is -2.26. The molecule has 0 aliphatic heterocycles. The summed E-state index contributed by atoms with van der Waals surface area (Å²) in [7, 11) is 1.48. The number of halogens is 3. The van der Waals surface area contributed by atoms with Crippen molar-refractivity contribution < 1.29 is 32.5 Å². The van der Waals surface area contributed by atoms with Crippen LogP contribution in [0.25, 0.3) is 16.7 Å². The van der Waals surface area contributed by atoms with Gasteiger partial charge in [0.25, 0.3) is 0 Å². The molecule has 0 aromatic heterocycles. The van der Waals surface area contributed by atoms with Crippen LogP contribution in [0.3, 0.4) is 0 Å². The molecule has 1 aliphatic rings. The van der Waals surface area contributed by atoms with Gasteiger partial charge in [-0.25, -0.2) is 13.2 Å². The minimum absolute atomic E-state index is 0.0148. The number of hydrogen-bond donors (Lipinski definition) is 1. The quantitative estimate of drug-likeness (QED) is 0.322. The molecule has 0 saturated carbocycles. The Labute approximate surface area is 214 Å². The molecule has 0 saturated heterocycles. The van der Waals surface area contributed by atoms with Crippen LogP contribution in [0.2, 0.25) is 0 Å². The summed E-state index contributed by atoms with van der Waals surface area (Å²) in [4.78, 5) is 10.9. The molecular weight excluding hydrogens is 481 g/mol. The van der Waals surface area contributed by atoms with E-state index < -0.39 is 23.4 Å². The molecular formula is C30H29F3O4. The van der Waals surface area contributed by atoms with Gasteiger partial charge < -0.3 is 14.6 Å². The molecule has 0 spiro atoms. The number of carbonyl (C=O) groups is 1. The molecule has 0 radical (unpaired) electrons. The van der Waals surface area contributed by atoms with E-state index in [0.29, 0.717) is 16.9 Å². The van der Waals surface area contributed by atoms with Crippen LogP contribution in [-0.4, -0.2) is 18.2 Å². The fraction of sp³-hybridized carbons (Fsp3) is 0.300. The monoisotopic (exact) mass is 510 g/mol. The van der Waals surface area contributed by atoms with Gasteiger partial charge in [0, 0.05) is 17.5 Å². The van der Waals surface area contributed by atoms with Crippen LogP contribution in [0, 0.1) is 22.9 Å². The second kappa shape index (κ2) is 10.7. The molecule has 37 heavy (non-hydrogen) atoms. The van der Waals surface area contributed by atoms with Crippen molar-refractivity contribution in [3.05, 3.63) is 88.7 Å². The Kier molecular flexibility index (Phi) is 7.62. The van der Waals surface area contributed by atoms with Gasteiger partial charge in [-0.15, -0.1) is 0 Å². The van der Waals surface area contributed by atoms with Crippen LogP contribution in [0.1, 0.15) is 49.8 Å². The van der Waals surface area contributed by atoms with Crippen LogP contribution >= 0.6 is 0 Å². The van der Waals surface area contributed by atoms with Crippen LogP contribution in [0.4, 0.5) is 13.2 Å². The van der Waals surface area contributed by atoms with E-state index in [0.717, 1.165) is 18.4 Å². The van der Waals surface area contributed by atoms with Crippen LogP contribution in [0.5, 0.6) is 11.5 Å². The number of rotatable bonds is 9. The number of carboxylic acids is 1. The van der Waals surface area contributed by atoms with E-state index in [1.54, 1.807) is 18.2 Å². The first kappa shape index (κ1) is 26.3. The topological polar surface area (TPSA) is 55.8 Å². The van der Waals surface area contributed by atoms with E-state index in [2.05, 4.69) is 19.9 Å². The number of benzene rings is 3. The molecule has 3 aromatic rings. The molecule has 3 aromatic carbocycles. The zero-order valence-electron chi connectivity index (χ0n) is 21.0. The number of hydrogen-bond acceptors (Lipinski definition) is 3. The molecule has 4 nitrogen and oxygen atoms in total. The Morgan fingerprint density at radius 3 is 2.43 bits per heavy atom. The van der Waals surface area contributed by atoms with Gasteiger partial charge in [-0.1, -0.05) is 32.1 Å². The fourth-order valence-corrected chi connectivity index (χ4v) is 4.73. The van der Waals surface area contributed by atoms with Gasteiger partial charge in [-0.05, 0) is 83.3 Å². The smallest absolute Gasteiger partial charge is 0.303 e. The van der Waals surface area contributed by atoms with Gasteiger partial charge >= 0.3 is 5.97 Å². The van der Waals surface area contributed by atoms with Crippen molar-refractivity contribution in [2.24, 2.45) is 5.41 Å². The third-order valence-corrected chi connectivity index (χ3v) is 6.82. The molecule has 1 N–H and O–H groups in total. The predicted molar refractivity (Wildman–Crippen MR) is 136 cm³/mol. The van der Waals surface area contributed by atoms with Crippen LogP contribution in [-0.2, 0) is 17.8 Å². The standard InChI is InChI=1S/C30H29F3O4/c1-30(2)13-5-7-24(30)22-14-19(17-37-27-8-4-6-18(29(27)33)9-12-28(34)35)26(32)16-21(22)23-15-20(36-3)10-11-25(23)31/h4,6-8,10-11,14-16H,5,9,12-13,17H2,1-3H3,(H,34,35). The number of methoxy groups -OCH3 is 1. The third-order valence-electron chi connectivity index (χ3n) is 6.82. The summed E-state index contributed by atoms with van der Waals surface area (Å²) in [6.07, 6.45) is 3.64.